The second-order valence-electron chi connectivity index (χ2n) is 6.41. The first kappa shape index (κ1) is 20.3. The highest BCUT2D eigenvalue weighted by Crippen LogP contribution is 2.27. The van der Waals surface area contributed by atoms with Crippen molar-refractivity contribution in [1.82, 2.24) is 20.1 Å². The molecule has 5 N–H and O–H groups in total. The van der Waals surface area contributed by atoms with Crippen LogP contribution in [0.4, 0.5) is 0 Å². The fourth-order valence-corrected chi connectivity index (χ4v) is 3.25. The van der Waals surface area contributed by atoms with Gasteiger partial charge in [0.15, 0.2) is 5.82 Å². The SMILES string of the molecule is CC1=CC(C#N)CC(C(N)=O)=C1NC(=O)c1cc(CN)nn1-c1ncccc1Cl. The minimum absolute atomic E-state index is 0.107. The quantitative estimate of drug-likeness (QED) is 0.674. The van der Waals surface area contributed by atoms with Crippen LogP contribution in [-0.2, 0) is 11.3 Å². The third kappa shape index (κ3) is 4.03. The fourth-order valence-electron chi connectivity index (χ4n) is 3.05. The summed E-state index contributed by atoms with van der Waals surface area (Å²) in [6.07, 6.45) is 3.33. The van der Waals surface area contributed by atoms with Crippen molar-refractivity contribution in [3.63, 3.8) is 0 Å². The van der Waals surface area contributed by atoms with Gasteiger partial charge >= 0.3 is 0 Å². The molecule has 2 heterocycles. The van der Waals surface area contributed by atoms with Gasteiger partial charge in [-0.15, -0.1) is 0 Å². The number of rotatable bonds is 5. The lowest BCUT2D eigenvalue weighted by molar-refractivity contribution is -0.114. The lowest BCUT2D eigenvalue weighted by atomic mass is 9.88. The van der Waals surface area contributed by atoms with E-state index in [9.17, 15) is 14.9 Å². The van der Waals surface area contributed by atoms with E-state index >= 15 is 0 Å². The molecule has 1 aliphatic rings. The number of nitrogens with zero attached hydrogens (tertiary/aromatic N) is 4. The second-order valence-corrected chi connectivity index (χ2v) is 6.81. The van der Waals surface area contributed by atoms with Crippen LogP contribution < -0.4 is 16.8 Å². The number of carbonyl (C=O) groups is 2. The molecule has 0 saturated carbocycles. The molecule has 1 atom stereocenters. The topological polar surface area (TPSA) is 153 Å². The van der Waals surface area contributed by atoms with E-state index in [4.69, 9.17) is 23.1 Å². The van der Waals surface area contributed by atoms with E-state index in [-0.39, 0.29) is 35.7 Å². The van der Waals surface area contributed by atoms with Crippen molar-refractivity contribution in [3.05, 3.63) is 63.7 Å². The van der Waals surface area contributed by atoms with Gasteiger partial charge in [-0.25, -0.2) is 9.67 Å². The van der Waals surface area contributed by atoms with Crippen LogP contribution in [0.25, 0.3) is 5.82 Å². The molecule has 9 nitrogen and oxygen atoms in total. The largest absolute Gasteiger partial charge is 0.366 e. The molecule has 0 fully saturated rings. The predicted molar refractivity (Wildman–Crippen MR) is 105 cm³/mol. The third-order valence-electron chi connectivity index (χ3n) is 4.41. The molecule has 1 unspecified atom stereocenters. The van der Waals surface area contributed by atoms with Gasteiger partial charge in [-0.1, -0.05) is 17.7 Å². The van der Waals surface area contributed by atoms with Crippen molar-refractivity contribution in [2.75, 3.05) is 0 Å². The predicted octanol–water partition coefficient (Wildman–Crippen LogP) is 1.34. The van der Waals surface area contributed by atoms with Gasteiger partial charge in [-0.2, -0.15) is 10.4 Å². The number of nitrogens with two attached hydrogens (primary N) is 2. The van der Waals surface area contributed by atoms with E-state index in [2.05, 4.69) is 21.5 Å². The molecule has 29 heavy (non-hydrogen) atoms. The van der Waals surface area contributed by atoms with Crippen molar-refractivity contribution < 1.29 is 9.59 Å². The Balaban J connectivity index is 2.03. The smallest absolute Gasteiger partial charge is 0.274 e. The summed E-state index contributed by atoms with van der Waals surface area (Å²) >= 11 is 6.20. The molecule has 2 aromatic heterocycles. The average Bonchev–Trinajstić information content (AvgIpc) is 3.13. The molecule has 148 valence electrons. The van der Waals surface area contributed by atoms with E-state index in [1.807, 2.05) is 0 Å². The maximum absolute atomic E-state index is 13.1. The number of pyridine rings is 1. The summed E-state index contributed by atoms with van der Waals surface area (Å²) in [4.78, 5) is 29.1. The molecule has 0 radical (unpaired) electrons. The summed E-state index contributed by atoms with van der Waals surface area (Å²) < 4.78 is 1.30. The number of aromatic nitrogens is 3. The summed E-state index contributed by atoms with van der Waals surface area (Å²) in [5.74, 6) is -1.46. The lowest BCUT2D eigenvalue weighted by Gasteiger charge is -2.21. The Morgan fingerprint density at radius 1 is 1.48 bits per heavy atom. The van der Waals surface area contributed by atoms with Crippen molar-refractivity contribution >= 4 is 23.4 Å². The molecule has 0 saturated heterocycles. The van der Waals surface area contributed by atoms with Crippen LogP contribution in [0.5, 0.6) is 0 Å². The number of hydrogen-bond acceptors (Lipinski definition) is 6. The van der Waals surface area contributed by atoms with Gasteiger partial charge in [0, 0.05) is 18.3 Å². The van der Waals surface area contributed by atoms with E-state index in [1.54, 1.807) is 25.1 Å². The Kier molecular flexibility index (Phi) is 5.77. The van der Waals surface area contributed by atoms with Gasteiger partial charge in [-0.3, -0.25) is 9.59 Å². The van der Waals surface area contributed by atoms with E-state index < -0.39 is 17.7 Å². The number of nitrogens with one attached hydrogen (secondary N) is 1. The molecule has 0 bridgehead atoms. The van der Waals surface area contributed by atoms with Gasteiger partial charge in [-0.05, 0) is 37.1 Å². The third-order valence-corrected chi connectivity index (χ3v) is 4.71. The number of amides is 2. The molecule has 3 rings (SSSR count). The number of halogens is 1. The zero-order chi connectivity index (χ0) is 21.1. The van der Waals surface area contributed by atoms with Gasteiger partial charge in [0.2, 0.25) is 5.91 Å². The highest BCUT2D eigenvalue weighted by molar-refractivity contribution is 6.32. The fraction of sp³-hybridized carbons (Fsp3) is 0.211. The Morgan fingerprint density at radius 2 is 2.24 bits per heavy atom. The number of carbonyl (C=O) groups excluding carboxylic acids is 2. The molecular formula is C19H18ClN7O2. The number of hydrogen-bond donors (Lipinski definition) is 3. The molecular weight excluding hydrogens is 394 g/mol. The van der Waals surface area contributed by atoms with Crippen molar-refractivity contribution in [2.45, 2.75) is 19.9 Å². The summed E-state index contributed by atoms with van der Waals surface area (Å²) in [5, 5.41) is 16.5. The standard InChI is InChI=1S/C19H18ClN7O2/c1-10-5-11(8-21)6-13(17(23)28)16(10)25-19(29)15-7-12(9-22)26-27(15)18-14(20)3-2-4-24-18/h2-5,7,11H,6,9,22H2,1H3,(H2,23,28)(H,25,29). The molecule has 0 spiro atoms. The molecule has 0 aromatic carbocycles. The maximum atomic E-state index is 13.1. The first-order valence-corrected chi connectivity index (χ1v) is 9.06. The molecule has 0 aliphatic heterocycles. The number of allylic oxidation sites excluding steroid dienone is 2. The Labute approximate surface area is 171 Å². The summed E-state index contributed by atoms with van der Waals surface area (Å²) in [6, 6.07) is 6.89. The van der Waals surface area contributed by atoms with Crippen molar-refractivity contribution in [3.8, 4) is 11.9 Å². The Bertz CT molecular complexity index is 1090. The van der Waals surface area contributed by atoms with Crippen LogP contribution in [-0.4, -0.2) is 26.6 Å². The number of primary amides is 1. The van der Waals surface area contributed by atoms with Crippen LogP contribution in [0.2, 0.25) is 5.02 Å². The van der Waals surface area contributed by atoms with Crippen LogP contribution in [0.15, 0.2) is 47.3 Å². The van der Waals surface area contributed by atoms with Crippen molar-refractivity contribution in [1.29, 1.82) is 5.26 Å². The summed E-state index contributed by atoms with van der Waals surface area (Å²) in [5.41, 5.74) is 12.8. The number of nitriles is 1. The molecule has 2 aromatic rings. The van der Waals surface area contributed by atoms with Crippen LogP contribution in [0.1, 0.15) is 29.5 Å². The first-order valence-electron chi connectivity index (χ1n) is 8.68. The summed E-state index contributed by atoms with van der Waals surface area (Å²) in [7, 11) is 0. The Hall–Kier alpha value is -3.48. The first-order chi connectivity index (χ1) is 13.8. The minimum Gasteiger partial charge on any atom is -0.366 e. The second kappa shape index (κ2) is 8.26. The van der Waals surface area contributed by atoms with Gasteiger partial charge in [0.25, 0.3) is 5.91 Å². The van der Waals surface area contributed by atoms with Crippen molar-refractivity contribution in [2.24, 2.45) is 17.4 Å². The van der Waals surface area contributed by atoms with Crippen LogP contribution >= 0.6 is 11.6 Å². The summed E-state index contributed by atoms with van der Waals surface area (Å²) in [6.45, 7) is 1.80. The zero-order valence-electron chi connectivity index (χ0n) is 15.5. The van der Waals surface area contributed by atoms with E-state index in [0.29, 0.717) is 16.3 Å². The normalized spacial score (nSPS) is 16.2. The van der Waals surface area contributed by atoms with E-state index in [1.165, 1.54) is 16.9 Å². The molecule has 1 aliphatic carbocycles. The highest BCUT2D eigenvalue weighted by Gasteiger charge is 2.26. The zero-order valence-corrected chi connectivity index (χ0v) is 16.3. The minimum atomic E-state index is -0.697. The van der Waals surface area contributed by atoms with Gasteiger partial charge in [0.1, 0.15) is 5.69 Å². The van der Waals surface area contributed by atoms with Crippen LogP contribution in [0, 0.1) is 17.2 Å². The highest BCUT2D eigenvalue weighted by atomic mass is 35.5. The van der Waals surface area contributed by atoms with E-state index in [0.717, 1.165) is 0 Å². The molecule has 2 amide bonds. The van der Waals surface area contributed by atoms with Crippen LogP contribution in [0.3, 0.4) is 0 Å². The van der Waals surface area contributed by atoms with Gasteiger partial charge in [0.05, 0.1) is 28.4 Å². The average molecular weight is 412 g/mol. The van der Waals surface area contributed by atoms with Gasteiger partial charge < -0.3 is 16.8 Å². The maximum Gasteiger partial charge on any atom is 0.274 e. The lowest BCUT2D eigenvalue weighted by Crippen LogP contribution is -2.32. The Morgan fingerprint density at radius 3 is 2.86 bits per heavy atom. The molecule has 10 heteroatoms. The monoisotopic (exact) mass is 411 g/mol.